The second kappa shape index (κ2) is 6.40. The van der Waals surface area contributed by atoms with Crippen LogP contribution >= 0.6 is 15.9 Å². The first-order chi connectivity index (χ1) is 9.19. The zero-order chi connectivity index (χ0) is 13.7. The molecular formula is C16H15BrN2. The third-order valence-electron chi connectivity index (χ3n) is 2.91. The van der Waals surface area contributed by atoms with Gasteiger partial charge in [-0.15, -0.1) is 0 Å². The Bertz CT molecular complexity index is 614. The number of aryl methyl sites for hydroxylation is 1. The molecule has 2 aromatic carbocycles. The second-order valence-electron chi connectivity index (χ2n) is 4.47. The van der Waals surface area contributed by atoms with Gasteiger partial charge in [-0.1, -0.05) is 29.8 Å². The van der Waals surface area contributed by atoms with E-state index in [0.29, 0.717) is 5.56 Å². The van der Waals surface area contributed by atoms with E-state index in [1.807, 2.05) is 18.2 Å². The summed E-state index contributed by atoms with van der Waals surface area (Å²) in [6.45, 7) is 2.97. The number of halogens is 1. The highest BCUT2D eigenvalue weighted by molar-refractivity contribution is 9.10. The summed E-state index contributed by atoms with van der Waals surface area (Å²) in [5.74, 6) is 0. The normalized spacial score (nSPS) is 9.95. The molecule has 2 nitrogen and oxygen atoms in total. The highest BCUT2D eigenvalue weighted by Crippen LogP contribution is 2.23. The van der Waals surface area contributed by atoms with Gasteiger partial charge in [-0.3, -0.25) is 0 Å². The van der Waals surface area contributed by atoms with Crippen LogP contribution in [0, 0.1) is 18.3 Å². The van der Waals surface area contributed by atoms with Crippen LogP contribution in [0.4, 0.5) is 5.69 Å². The van der Waals surface area contributed by atoms with Crippen LogP contribution in [0.3, 0.4) is 0 Å². The molecule has 0 aliphatic heterocycles. The van der Waals surface area contributed by atoms with Crippen LogP contribution in [0.1, 0.15) is 16.7 Å². The number of nitriles is 1. The Hall–Kier alpha value is -1.79. The minimum absolute atomic E-state index is 0.663. The number of rotatable bonds is 4. The molecule has 2 rings (SSSR count). The fourth-order valence-corrected chi connectivity index (χ4v) is 2.46. The lowest BCUT2D eigenvalue weighted by Gasteiger charge is -2.09. The molecule has 0 saturated carbocycles. The fourth-order valence-electron chi connectivity index (χ4n) is 1.94. The van der Waals surface area contributed by atoms with Crippen LogP contribution < -0.4 is 5.32 Å². The Balaban J connectivity index is 1.94. The maximum atomic E-state index is 8.81. The van der Waals surface area contributed by atoms with Crippen LogP contribution in [0.2, 0.25) is 0 Å². The van der Waals surface area contributed by atoms with Crippen LogP contribution in [-0.2, 0) is 6.42 Å². The zero-order valence-corrected chi connectivity index (χ0v) is 12.4. The highest BCUT2D eigenvalue weighted by atomic mass is 79.9. The summed E-state index contributed by atoms with van der Waals surface area (Å²) in [6.07, 6.45) is 0.980. The predicted octanol–water partition coefficient (Wildman–Crippen LogP) is 4.28. The largest absolute Gasteiger partial charge is 0.384 e. The van der Waals surface area contributed by atoms with E-state index >= 15 is 0 Å². The Morgan fingerprint density at radius 2 is 2.05 bits per heavy atom. The Morgan fingerprint density at radius 3 is 2.74 bits per heavy atom. The van der Waals surface area contributed by atoms with Crippen molar-refractivity contribution in [3.8, 4) is 6.07 Å². The Morgan fingerprint density at radius 1 is 1.21 bits per heavy atom. The van der Waals surface area contributed by atoms with Gasteiger partial charge >= 0.3 is 0 Å². The molecule has 1 N–H and O–H groups in total. The lowest BCUT2D eigenvalue weighted by molar-refractivity contribution is 1.02. The van der Waals surface area contributed by atoms with E-state index in [4.69, 9.17) is 5.26 Å². The second-order valence-corrected chi connectivity index (χ2v) is 5.33. The quantitative estimate of drug-likeness (QED) is 0.914. The van der Waals surface area contributed by atoms with Gasteiger partial charge in [-0.05, 0) is 53.0 Å². The summed E-state index contributed by atoms with van der Waals surface area (Å²) >= 11 is 3.47. The first-order valence-electron chi connectivity index (χ1n) is 6.18. The molecule has 3 heteroatoms. The number of nitrogens with zero attached hydrogens (tertiary/aromatic N) is 1. The Labute approximate surface area is 122 Å². The molecule has 0 aliphatic carbocycles. The lowest BCUT2D eigenvalue weighted by Crippen LogP contribution is -2.05. The SMILES string of the molecule is Cc1cccc(CCNc2ccc(C#N)cc2Br)c1. The fraction of sp³-hybridized carbons (Fsp3) is 0.188. The lowest BCUT2D eigenvalue weighted by atomic mass is 10.1. The van der Waals surface area contributed by atoms with Crippen molar-refractivity contribution in [3.63, 3.8) is 0 Å². The maximum absolute atomic E-state index is 8.81. The van der Waals surface area contributed by atoms with Gasteiger partial charge in [0.2, 0.25) is 0 Å². The van der Waals surface area contributed by atoms with Crippen molar-refractivity contribution in [1.82, 2.24) is 0 Å². The van der Waals surface area contributed by atoms with Gasteiger partial charge in [0.15, 0.2) is 0 Å². The van der Waals surface area contributed by atoms with Crippen molar-refractivity contribution < 1.29 is 0 Å². The topological polar surface area (TPSA) is 35.8 Å². The highest BCUT2D eigenvalue weighted by Gasteiger charge is 2.01. The van der Waals surface area contributed by atoms with Gasteiger partial charge in [0, 0.05) is 16.7 Å². The van der Waals surface area contributed by atoms with E-state index in [1.54, 1.807) is 0 Å². The average Bonchev–Trinajstić information content (AvgIpc) is 2.40. The summed E-state index contributed by atoms with van der Waals surface area (Å²) in [5.41, 5.74) is 4.30. The molecule has 19 heavy (non-hydrogen) atoms. The molecule has 2 aromatic rings. The van der Waals surface area contributed by atoms with E-state index in [0.717, 1.165) is 23.1 Å². The summed E-state index contributed by atoms with van der Waals surface area (Å²) < 4.78 is 0.927. The molecule has 0 atom stereocenters. The van der Waals surface area contributed by atoms with Gasteiger partial charge in [-0.25, -0.2) is 0 Å². The molecule has 0 spiro atoms. The van der Waals surface area contributed by atoms with Gasteiger partial charge in [0.25, 0.3) is 0 Å². The minimum atomic E-state index is 0.663. The molecule has 96 valence electrons. The van der Waals surface area contributed by atoms with Gasteiger partial charge in [0.1, 0.15) is 0 Å². The van der Waals surface area contributed by atoms with E-state index in [-0.39, 0.29) is 0 Å². The summed E-state index contributed by atoms with van der Waals surface area (Å²) in [5, 5.41) is 12.2. The average molecular weight is 315 g/mol. The Kier molecular flexibility index (Phi) is 4.59. The van der Waals surface area contributed by atoms with Crippen LogP contribution in [0.15, 0.2) is 46.9 Å². The molecule has 0 aromatic heterocycles. The van der Waals surface area contributed by atoms with Crippen molar-refractivity contribution in [1.29, 1.82) is 5.26 Å². The van der Waals surface area contributed by atoms with Gasteiger partial charge in [0.05, 0.1) is 11.6 Å². The van der Waals surface area contributed by atoms with E-state index in [1.165, 1.54) is 11.1 Å². The smallest absolute Gasteiger partial charge is 0.0992 e. The first-order valence-corrected chi connectivity index (χ1v) is 6.97. The molecule has 0 saturated heterocycles. The first kappa shape index (κ1) is 13.6. The summed E-state index contributed by atoms with van der Waals surface area (Å²) in [4.78, 5) is 0. The van der Waals surface area contributed by atoms with Crippen molar-refractivity contribution in [3.05, 3.63) is 63.6 Å². The maximum Gasteiger partial charge on any atom is 0.0992 e. The molecule has 0 heterocycles. The number of hydrogen-bond acceptors (Lipinski definition) is 2. The molecule has 0 fully saturated rings. The van der Waals surface area contributed by atoms with Crippen molar-refractivity contribution in [2.24, 2.45) is 0 Å². The monoisotopic (exact) mass is 314 g/mol. The van der Waals surface area contributed by atoms with Gasteiger partial charge < -0.3 is 5.32 Å². The van der Waals surface area contributed by atoms with Crippen LogP contribution in [-0.4, -0.2) is 6.54 Å². The molecule has 0 aliphatic rings. The van der Waals surface area contributed by atoms with Crippen LogP contribution in [0.5, 0.6) is 0 Å². The zero-order valence-electron chi connectivity index (χ0n) is 10.8. The molecule has 0 radical (unpaired) electrons. The third-order valence-corrected chi connectivity index (χ3v) is 3.57. The van der Waals surface area contributed by atoms with Crippen molar-refractivity contribution >= 4 is 21.6 Å². The van der Waals surface area contributed by atoms with Crippen molar-refractivity contribution in [2.45, 2.75) is 13.3 Å². The summed E-state index contributed by atoms with van der Waals surface area (Å²) in [7, 11) is 0. The molecule has 0 amide bonds. The van der Waals surface area contributed by atoms with Gasteiger partial charge in [-0.2, -0.15) is 5.26 Å². The van der Waals surface area contributed by atoms with E-state index in [2.05, 4.69) is 58.5 Å². The minimum Gasteiger partial charge on any atom is -0.384 e. The van der Waals surface area contributed by atoms with E-state index < -0.39 is 0 Å². The van der Waals surface area contributed by atoms with Crippen molar-refractivity contribution in [2.75, 3.05) is 11.9 Å². The molecular weight excluding hydrogens is 300 g/mol. The number of hydrogen-bond donors (Lipinski definition) is 1. The molecule has 0 unspecified atom stereocenters. The number of nitrogens with one attached hydrogen (secondary N) is 1. The predicted molar refractivity (Wildman–Crippen MR) is 82.2 cm³/mol. The van der Waals surface area contributed by atoms with E-state index in [9.17, 15) is 0 Å². The van der Waals surface area contributed by atoms with Crippen LogP contribution in [0.25, 0.3) is 0 Å². The number of benzene rings is 2. The number of anilines is 1. The summed E-state index contributed by atoms with van der Waals surface area (Å²) in [6, 6.07) is 16.2. The standard InChI is InChI=1S/C16H15BrN2/c1-12-3-2-4-13(9-12)7-8-19-16-6-5-14(11-18)10-15(16)17/h2-6,9-10,19H,7-8H2,1H3. The molecule has 0 bridgehead atoms. The third kappa shape index (κ3) is 3.84.